The third kappa shape index (κ3) is 9.97. The summed E-state index contributed by atoms with van der Waals surface area (Å²) in [6, 6.07) is 49.2. The second-order valence-electron chi connectivity index (χ2n) is 15.8. The number of aliphatic carboxylic acids is 1. The van der Waals surface area contributed by atoms with Crippen LogP contribution < -0.4 is 9.47 Å². The predicted molar refractivity (Wildman–Crippen MR) is 292 cm³/mol. The minimum absolute atomic E-state index is 0.0413. The van der Waals surface area contributed by atoms with Gasteiger partial charge in [0.2, 0.25) is 5.52 Å². The first-order valence-corrected chi connectivity index (χ1v) is 27.6. The molecule has 6 aromatic carbocycles. The number of thioether (sulfide) groups is 1. The molecule has 0 fully saturated rings. The lowest BCUT2D eigenvalue weighted by Crippen LogP contribution is -2.39. The van der Waals surface area contributed by atoms with Crippen LogP contribution in [0.25, 0.3) is 56.7 Å². The van der Waals surface area contributed by atoms with Crippen molar-refractivity contribution in [1.82, 2.24) is 19.9 Å². The Bertz CT molecular complexity index is 3420. The summed E-state index contributed by atoms with van der Waals surface area (Å²) in [6.45, 7) is 5.70. The average molecular weight is 1030 g/mol. The fourth-order valence-electron chi connectivity index (χ4n) is 8.29. The Hall–Kier alpha value is -6.40. The van der Waals surface area contributed by atoms with E-state index >= 15 is 0 Å². The molecule has 10 nitrogen and oxygen atoms in total. The molecule has 2 aliphatic heterocycles. The number of anilines is 1. The van der Waals surface area contributed by atoms with Crippen LogP contribution in [0, 0.1) is 0 Å². The van der Waals surface area contributed by atoms with Crippen LogP contribution in [0.5, 0.6) is 0 Å². The van der Waals surface area contributed by atoms with Gasteiger partial charge in [0.25, 0.3) is 5.01 Å². The molecule has 5 aromatic heterocycles. The van der Waals surface area contributed by atoms with Gasteiger partial charge in [-0.1, -0.05) is 110 Å². The number of methoxy groups -OCH3 is 1. The van der Waals surface area contributed by atoms with Crippen molar-refractivity contribution >= 4 is 143 Å². The van der Waals surface area contributed by atoms with Crippen LogP contribution >= 0.6 is 68.4 Å². The molecule has 0 spiro atoms. The van der Waals surface area contributed by atoms with Gasteiger partial charge in [0.05, 0.1) is 96.0 Å². The number of benzene rings is 6. The summed E-state index contributed by atoms with van der Waals surface area (Å²) in [5.74, 6) is -1.21. The lowest BCUT2D eigenvalue weighted by molar-refractivity contribution is -0.666. The second kappa shape index (κ2) is 21.3. The van der Waals surface area contributed by atoms with Crippen molar-refractivity contribution in [3.63, 3.8) is 0 Å². The van der Waals surface area contributed by atoms with E-state index in [2.05, 4.69) is 80.1 Å². The standard InChI is InChI=1S/C19H14N2O2S2.C18H14N2O2S2.C15H10N2S2.C2H6/c22-17(23)11-12-18-20(13-5-1-3-7-15(13)24-18)9-10-21-14-6-2-4-8-16(14)25-19(12)21;1-22-16(21)10-11(17-19-12-6-2-4-8-14(12)23-17)18-20-13-7-3-5-9-15(13)24-18;1-3-7-12-10(5-1)16-14(18-12)9-15-17-11-6-2-4-8-13(11)19-15;1-2/h1-8H,9-11H2;2-9,11H,10H2,1H3;1-8H,9H2;1-2H3/p+1. The molecule has 2 aliphatic rings. The number of thiazole rings is 5. The molecule has 0 amide bonds. The van der Waals surface area contributed by atoms with Crippen molar-refractivity contribution in [2.24, 2.45) is 0 Å². The van der Waals surface area contributed by atoms with Gasteiger partial charge >= 0.3 is 11.9 Å². The van der Waals surface area contributed by atoms with Crippen molar-refractivity contribution in [2.45, 2.75) is 50.5 Å². The van der Waals surface area contributed by atoms with Gasteiger partial charge < -0.3 is 14.7 Å². The highest BCUT2D eigenvalue weighted by Gasteiger charge is 2.37. The Labute approximate surface area is 428 Å². The molecule has 0 radical (unpaired) electrons. The van der Waals surface area contributed by atoms with Gasteiger partial charge in [-0.05, 0) is 66.7 Å². The SMILES string of the molecule is CC.COC(=O)CC(c1nc2ccccc2s1)c1nc2ccccc2s1.O=C(O)CC1=C2Sc3ccccc3N2CC[n+]2c1sc1ccccc12.c1ccc2sc(Cc3nc4ccccc4s3)nc2c1. The highest BCUT2D eigenvalue weighted by molar-refractivity contribution is 8.04. The number of aromatic nitrogens is 5. The molecule has 0 unspecified atom stereocenters. The average Bonchev–Trinajstić information content (AvgIpc) is 4.26. The molecule has 350 valence electrons. The van der Waals surface area contributed by atoms with E-state index in [9.17, 15) is 14.7 Å². The molecule has 0 saturated carbocycles. The number of carboxylic acids is 1. The van der Waals surface area contributed by atoms with E-state index in [-0.39, 0.29) is 24.7 Å². The number of carbonyl (C=O) groups is 2. The molecule has 7 heterocycles. The lowest BCUT2D eigenvalue weighted by Gasteiger charge is -2.17. The molecule has 0 saturated heterocycles. The maximum atomic E-state index is 11.9. The van der Waals surface area contributed by atoms with Crippen LogP contribution in [0.3, 0.4) is 0 Å². The summed E-state index contributed by atoms with van der Waals surface area (Å²) >= 11 is 10.1. The Morgan fingerprint density at radius 3 is 1.64 bits per heavy atom. The normalized spacial score (nSPS) is 12.7. The topological polar surface area (TPSA) is 122 Å². The quantitative estimate of drug-likeness (QED) is 0.116. The van der Waals surface area contributed by atoms with Gasteiger partial charge in [0, 0.05) is 11.0 Å². The number of esters is 1. The number of nitrogens with zero attached hydrogens (tertiary/aromatic N) is 6. The summed E-state index contributed by atoms with van der Waals surface area (Å²) in [5, 5.41) is 15.8. The molecule has 1 N–H and O–H groups in total. The van der Waals surface area contributed by atoms with E-state index < -0.39 is 5.97 Å². The molecule has 70 heavy (non-hydrogen) atoms. The summed E-state index contributed by atoms with van der Waals surface area (Å²) < 4.78 is 13.1. The van der Waals surface area contributed by atoms with Gasteiger partial charge in [0.15, 0.2) is 6.54 Å². The lowest BCUT2D eigenvalue weighted by atomic mass is 10.1. The predicted octanol–water partition coefficient (Wildman–Crippen LogP) is 14.1. The molecule has 0 atom stereocenters. The summed E-state index contributed by atoms with van der Waals surface area (Å²) in [4.78, 5) is 45.8. The molecule has 16 heteroatoms. The van der Waals surface area contributed by atoms with Crippen molar-refractivity contribution in [2.75, 3.05) is 18.6 Å². The highest BCUT2D eigenvalue weighted by Crippen LogP contribution is 2.50. The minimum Gasteiger partial charge on any atom is -0.481 e. The number of hydrogen-bond donors (Lipinski definition) is 1. The summed E-state index contributed by atoms with van der Waals surface area (Å²) in [5.41, 5.74) is 7.37. The fourth-order valence-corrected chi connectivity index (χ4v) is 15.1. The molecule has 0 aliphatic carbocycles. The van der Waals surface area contributed by atoms with E-state index in [4.69, 9.17) is 14.7 Å². The van der Waals surface area contributed by atoms with Crippen molar-refractivity contribution in [1.29, 1.82) is 0 Å². The van der Waals surface area contributed by atoms with Crippen LogP contribution in [-0.2, 0) is 27.3 Å². The maximum Gasteiger partial charge on any atom is 0.308 e. The van der Waals surface area contributed by atoms with Crippen LogP contribution in [0.1, 0.15) is 57.6 Å². The summed E-state index contributed by atoms with van der Waals surface area (Å²) in [7, 11) is 1.41. The molecular weight excluding hydrogens is 989 g/mol. The first kappa shape index (κ1) is 47.3. The zero-order valence-electron chi connectivity index (χ0n) is 38.3. The number of hydrogen-bond acceptors (Lipinski definition) is 14. The molecular formula is C54H45N6O4S6+. The third-order valence-corrected chi connectivity index (χ3v) is 18.2. The van der Waals surface area contributed by atoms with Crippen molar-refractivity contribution < 1.29 is 24.0 Å². The van der Waals surface area contributed by atoms with E-state index in [1.807, 2.05) is 98.8 Å². The molecule has 0 bridgehead atoms. The Morgan fingerprint density at radius 2 is 1.11 bits per heavy atom. The van der Waals surface area contributed by atoms with Crippen LogP contribution in [0.15, 0.2) is 156 Å². The van der Waals surface area contributed by atoms with E-state index in [1.54, 1.807) is 68.4 Å². The Kier molecular flexibility index (Phi) is 14.4. The fraction of sp³-hybridized carbons (Fsp3) is 0.167. The maximum absolute atomic E-state index is 11.9. The zero-order valence-corrected chi connectivity index (χ0v) is 43.2. The van der Waals surface area contributed by atoms with Gasteiger partial charge in [-0.25, -0.2) is 19.9 Å². The van der Waals surface area contributed by atoms with Gasteiger partial charge in [-0.15, -0.1) is 45.3 Å². The van der Waals surface area contributed by atoms with Crippen LogP contribution in [0.4, 0.5) is 5.69 Å². The van der Waals surface area contributed by atoms with Gasteiger partial charge in [-0.2, -0.15) is 4.57 Å². The first-order chi connectivity index (χ1) is 34.3. The number of fused-ring (bicyclic) bond motifs is 10. The second-order valence-corrected chi connectivity index (χ2v) is 22.2. The smallest absolute Gasteiger partial charge is 0.308 e. The zero-order chi connectivity index (χ0) is 48.1. The van der Waals surface area contributed by atoms with Gasteiger partial charge in [0.1, 0.15) is 24.7 Å². The van der Waals surface area contributed by atoms with E-state index in [1.165, 1.54) is 37.3 Å². The number of para-hydroxylation sites is 6. The number of ether oxygens (including phenoxy) is 1. The van der Waals surface area contributed by atoms with E-state index in [0.717, 1.165) is 86.6 Å². The van der Waals surface area contributed by atoms with Gasteiger partial charge in [-0.3, -0.25) is 9.59 Å². The number of carboxylic acid groups (broad SMARTS) is 1. The third-order valence-electron chi connectivity index (χ3n) is 11.4. The van der Waals surface area contributed by atoms with E-state index in [0.29, 0.717) is 0 Å². The minimum atomic E-state index is -0.787. The monoisotopic (exact) mass is 1030 g/mol. The molecule has 11 aromatic rings. The summed E-state index contributed by atoms with van der Waals surface area (Å²) in [6.07, 6.45) is 1.12. The van der Waals surface area contributed by atoms with Crippen LogP contribution in [-0.4, -0.2) is 50.6 Å². The molecule has 13 rings (SSSR count). The van der Waals surface area contributed by atoms with Crippen molar-refractivity contribution in [3.8, 4) is 0 Å². The Balaban J connectivity index is 0.000000120. The number of rotatable bonds is 8. The Morgan fingerprint density at radius 1 is 0.629 bits per heavy atom. The number of carbonyl (C=O) groups excluding carboxylic acids is 1. The van der Waals surface area contributed by atoms with Crippen LogP contribution in [0.2, 0.25) is 0 Å². The van der Waals surface area contributed by atoms with Crippen molar-refractivity contribution in [3.05, 3.63) is 176 Å². The largest absolute Gasteiger partial charge is 0.481 e. The first-order valence-electron chi connectivity index (χ1n) is 22.7. The highest BCUT2D eigenvalue weighted by atomic mass is 32.2.